The predicted octanol–water partition coefficient (Wildman–Crippen LogP) is 1.96. The molecule has 5 nitrogen and oxygen atoms in total. The number of nitrogens with zero attached hydrogens (tertiary/aromatic N) is 1. The van der Waals surface area contributed by atoms with Gasteiger partial charge in [0.1, 0.15) is 22.8 Å². The Balaban J connectivity index is 2.60. The normalized spacial score (nSPS) is 28.1. The van der Waals surface area contributed by atoms with Crippen LogP contribution in [0.3, 0.4) is 0 Å². The molecule has 0 aliphatic carbocycles. The lowest BCUT2D eigenvalue weighted by Crippen LogP contribution is -2.48. The average molecular weight is 329 g/mol. The molecule has 1 aliphatic rings. The van der Waals surface area contributed by atoms with E-state index in [2.05, 4.69) is 4.99 Å². The Morgan fingerprint density at radius 2 is 2.18 bits per heavy atom. The van der Waals surface area contributed by atoms with Gasteiger partial charge in [0.05, 0.1) is 7.11 Å². The molecule has 2 atom stereocenters. The number of carbonyl (C=O) groups is 1. The molecule has 0 spiro atoms. The zero-order valence-electron chi connectivity index (χ0n) is 12.2. The van der Waals surface area contributed by atoms with E-state index in [0.717, 1.165) is 17.8 Å². The number of rotatable bonds is 3. The Bertz CT molecular complexity index is 641. The molecule has 0 aromatic heterocycles. The van der Waals surface area contributed by atoms with E-state index in [9.17, 15) is 13.6 Å². The van der Waals surface area contributed by atoms with E-state index >= 15 is 0 Å². The smallest absolute Gasteiger partial charge is 0.322 e. The fourth-order valence-corrected chi connectivity index (χ4v) is 3.79. The maximum absolute atomic E-state index is 14.2. The molecular formula is C14H17F2N3O2S. The standard InChI is InChI=1S/C14H17F2N3O2S/c1-13(11(20)21-2)6-14(7-15,19-12(18)22-13)9-5-8(17)3-4-10(9)16/h3-5H,6-7,17H2,1-2H3,(H2,18,19)/t13-,14-/m1/s1. The second-order valence-electron chi connectivity index (χ2n) is 5.36. The summed E-state index contributed by atoms with van der Waals surface area (Å²) in [6.07, 6.45) is -0.0884. The molecule has 0 fully saturated rings. The van der Waals surface area contributed by atoms with E-state index in [1.807, 2.05) is 0 Å². The summed E-state index contributed by atoms with van der Waals surface area (Å²) in [6.45, 7) is 0.556. The maximum atomic E-state index is 14.2. The Kier molecular flexibility index (Phi) is 4.32. The van der Waals surface area contributed by atoms with Crippen LogP contribution >= 0.6 is 11.8 Å². The van der Waals surface area contributed by atoms with Crippen molar-refractivity contribution in [1.82, 2.24) is 0 Å². The van der Waals surface area contributed by atoms with Gasteiger partial charge in [0, 0.05) is 17.7 Å². The Morgan fingerprint density at radius 3 is 2.77 bits per heavy atom. The number of amidine groups is 1. The minimum absolute atomic E-state index is 0.00127. The van der Waals surface area contributed by atoms with E-state index < -0.39 is 28.7 Å². The van der Waals surface area contributed by atoms with Crippen molar-refractivity contribution in [1.29, 1.82) is 0 Å². The van der Waals surface area contributed by atoms with Gasteiger partial charge in [-0.1, -0.05) is 11.8 Å². The molecule has 1 aliphatic heterocycles. The number of halogens is 2. The highest BCUT2D eigenvalue weighted by molar-refractivity contribution is 8.15. The van der Waals surface area contributed by atoms with Gasteiger partial charge in [-0.3, -0.25) is 4.79 Å². The summed E-state index contributed by atoms with van der Waals surface area (Å²) in [6, 6.07) is 3.83. The van der Waals surface area contributed by atoms with Gasteiger partial charge >= 0.3 is 5.97 Å². The fourth-order valence-electron chi connectivity index (χ4n) is 2.63. The van der Waals surface area contributed by atoms with E-state index in [1.165, 1.54) is 19.2 Å². The second-order valence-corrected chi connectivity index (χ2v) is 6.88. The molecule has 2 rings (SSSR count). The topological polar surface area (TPSA) is 90.7 Å². The Hall–Kier alpha value is -1.83. The molecular weight excluding hydrogens is 312 g/mol. The third-order valence-corrected chi connectivity index (χ3v) is 4.68. The van der Waals surface area contributed by atoms with Gasteiger partial charge < -0.3 is 16.2 Å². The average Bonchev–Trinajstić information content (AvgIpc) is 2.47. The number of thioether (sulfide) groups is 1. The van der Waals surface area contributed by atoms with Crippen LogP contribution in [0.25, 0.3) is 0 Å². The lowest BCUT2D eigenvalue weighted by molar-refractivity contribution is -0.143. The number of carbonyl (C=O) groups excluding carboxylic acids is 1. The SMILES string of the molecule is COC(=O)[C@@]1(C)C[C@@](CF)(c2cc(N)ccc2F)N=C(N)S1. The first-order valence-electron chi connectivity index (χ1n) is 6.50. The highest BCUT2D eigenvalue weighted by atomic mass is 32.2. The van der Waals surface area contributed by atoms with Crippen molar-refractivity contribution in [3.05, 3.63) is 29.6 Å². The van der Waals surface area contributed by atoms with Gasteiger partial charge in [0.25, 0.3) is 0 Å². The summed E-state index contributed by atoms with van der Waals surface area (Å²) in [5.41, 5.74) is 10.1. The fraction of sp³-hybridized carbons (Fsp3) is 0.429. The number of benzene rings is 1. The summed E-state index contributed by atoms with van der Waals surface area (Å²) in [5.74, 6) is -1.22. The highest BCUT2D eigenvalue weighted by Crippen LogP contribution is 2.47. The van der Waals surface area contributed by atoms with Crippen LogP contribution < -0.4 is 11.5 Å². The van der Waals surface area contributed by atoms with Gasteiger partial charge in [-0.25, -0.2) is 13.8 Å². The van der Waals surface area contributed by atoms with E-state index in [0.29, 0.717) is 0 Å². The van der Waals surface area contributed by atoms with Crippen molar-refractivity contribution >= 4 is 28.6 Å². The van der Waals surface area contributed by atoms with E-state index in [4.69, 9.17) is 16.2 Å². The van der Waals surface area contributed by atoms with Crippen molar-refractivity contribution in [2.45, 2.75) is 23.6 Å². The number of aliphatic imine (C=N–C) groups is 1. The van der Waals surface area contributed by atoms with Crippen LogP contribution in [0.1, 0.15) is 18.9 Å². The first-order valence-corrected chi connectivity index (χ1v) is 7.32. The van der Waals surface area contributed by atoms with Crippen LogP contribution in [-0.2, 0) is 15.1 Å². The van der Waals surface area contributed by atoms with Crippen LogP contribution in [0.2, 0.25) is 0 Å². The van der Waals surface area contributed by atoms with Gasteiger partial charge in [-0.05, 0) is 25.1 Å². The molecule has 4 N–H and O–H groups in total. The molecule has 0 radical (unpaired) electrons. The van der Waals surface area contributed by atoms with Crippen molar-refractivity contribution in [3.8, 4) is 0 Å². The minimum Gasteiger partial charge on any atom is -0.468 e. The molecule has 8 heteroatoms. The monoisotopic (exact) mass is 329 g/mol. The highest BCUT2D eigenvalue weighted by Gasteiger charge is 2.50. The number of methoxy groups -OCH3 is 1. The Morgan fingerprint density at radius 1 is 1.50 bits per heavy atom. The molecule has 0 saturated heterocycles. The van der Waals surface area contributed by atoms with Crippen LogP contribution in [0.5, 0.6) is 0 Å². The number of nitrogens with two attached hydrogens (primary N) is 2. The number of nitrogen functional groups attached to an aromatic ring is 1. The van der Waals surface area contributed by atoms with Crippen molar-refractivity contribution in [2.24, 2.45) is 10.7 Å². The van der Waals surface area contributed by atoms with Crippen molar-refractivity contribution in [2.75, 3.05) is 19.5 Å². The largest absolute Gasteiger partial charge is 0.468 e. The van der Waals surface area contributed by atoms with Gasteiger partial charge in [-0.2, -0.15) is 0 Å². The number of hydrogen-bond donors (Lipinski definition) is 2. The molecule has 1 heterocycles. The van der Waals surface area contributed by atoms with Crippen molar-refractivity contribution in [3.63, 3.8) is 0 Å². The van der Waals surface area contributed by atoms with Crippen LogP contribution in [0.15, 0.2) is 23.2 Å². The summed E-state index contributed by atoms with van der Waals surface area (Å²) in [4.78, 5) is 16.1. The Labute approximate surface area is 131 Å². The summed E-state index contributed by atoms with van der Waals surface area (Å²) in [7, 11) is 1.23. The minimum atomic E-state index is -1.60. The number of ether oxygens (including phenoxy) is 1. The number of anilines is 1. The van der Waals surface area contributed by atoms with E-state index in [1.54, 1.807) is 6.92 Å². The van der Waals surface area contributed by atoms with Crippen LogP contribution in [0, 0.1) is 5.82 Å². The molecule has 0 amide bonds. The number of esters is 1. The van der Waals surface area contributed by atoms with Gasteiger partial charge in [-0.15, -0.1) is 0 Å². The lowest BCUT2D eigenvalue weighted by atomic mass is 9.82. The summed E-state index contributed by atoms with van der Waals surface area (Å²) < 4.78 is 31.7. The first kappa shape index (κ1) is 16.5. The zero-order valence-corrected chi connectivity index (χ0v) is 13.0. The number of alkyl halides is 1. The molecule has 1 aromatic carbocycles. The molecule has 0 bridgehead atoms. The van der Waals surface area contributed by atoms with Crippen LogP contribution in [0.4, 0.5) is 14.5 Å². The lowest BCUT2D eigenvalue weighted by Gasteiger charge is -2.40. The van der Waals surface area contributed by atoms with Crippen molar-refractivity contribution < 1.29 is 18.3 Å². The van der Waals surface area contributed by atoms with E-state index in [-0.39, 0.29) is 22.8 Å². The summed E-state index contributed by atoms with van der Waals surface area (Å²) >= 11 is 0.977. The first-order chi connectivity index (χ1) is 10.3. The predicted molar refractivity (Wildman–Crippen MR) is 82.7 cm³/mol. The van der Waals surface area contributed by atoms with Crippen LogP contribution in [-0.4, -0.2) is 29.7 Å². The third-order valence-electron chi connectivity index (χ3n) is 3.61. The molecule has 0 saturated carbocycles. The molecule has 1 aromatic rings. The molecule has 22 heavy (non-hydrogen) atoms. The summed E-state index contributed by atoms with van der Waals surface area (Å²) in [5, 5.41) is -0.00127. The quantitative estimate of drug-likeness (QED) is 0.653. The third kappa shape index (κ3) is 2.75. The van der Waals surface area contributed by atoms with Gasteiger partial charge in [0.15, 0.2) is 5.17 Å². The second kappa shape index (κ2) is 5.75. The number of hydrogen-bond acceptors (Lipinski definition) is 6. The maximum Gasteiger partial charge on any atom is 0.322 e. The molecule has 120 valence electrons. The van der Waals surface area contributed by atoms with Gasteiger partial charge in [0.2, 0.25) is 0 Å². The molecule has 0 unspecified atom stereocenters. The zero-order chi connectivity index (χ0) is 16.5.